The number of anilines is 1. The molecule has 0 unspecified atom stereocenters. The number of rotatable bonds is 4. The second-order valence-electron chi connectivity index (χ2n) is 5.83. The number of amides is 1. The van der Waals surface area contributed by atoms with Gasteiger partial charge >= 0.3 is 0 Å². The fourth-order valence-electron chi connectivity index (χ4n) is 2.74. The Morgan fingerprint density at radius 3 is 2.79 bits per heavy atom. The van der Waals surface area contributed by atoms with E-state index in [0.717, 1.165) is 24.1 Å². The van der Waals surface area contributed by atoms with Crippen LogP contribution >= 0.6 is 0 Å². The van der Waals surface area contributed by atoms with E-state index in [0.29, 0.717) is 6.54 Å². The first kappa shape index (κ1) is 16.6. The highest BCUT2D eigenvalue weighted by Gasteiger charge is 2.25. The number of carbonyl (C=O) groups is 1. The first-order chi connectivity index (χ1) is 11.4. The highest BCUT2D eigenvalue weighted by molar-refractivity contribution is 7.89. The molecule has 1 aromatic carbocycles. The minimum Gasteiger partial charge on any atom is -0.311 e. The number of fused-ring (bicyclic) bond motifs is 1. The third-order valence-electron chi connectivity index (χ3n) is 4.02. The third-order valence-corrected chi connectivity index (χ3v) is 5.83. The molecule has 0 saturated carbocycles. The number of nitrogens with zero attached hydrogens (tertiary/aromatic N) is 5. The summed E-state index contributed by atoms with van der Waals surface area (Å²) in [5.74, 6) is -0.0929. The number of sulfonamides is 1. The van der Waals surface area contributed by atoms with E-state index < -0.39 is 10.0 Å². The molecule has 0 saturated heterocycles. The van der Waals surface area contributed by atoms with Crippen molar-refractivity contribution in [2.75, 3.05) is 25.5 Å². The molecule has 9 heteroatoms. The number of aromatic nitrogens is 3. The molecule has 24 heavy (non-hydrogen) atoms. The van der Waals surface area contributed by atoms with Crippen molar-refractivity contribution in [2.45, 2.75) is 24.3 Å². The van der Waals surface area contributed by atoms with E-state index in [1.165, 1.54) is 29.3 Å². The van der Waals surface area contributed by atoms with Crippen LogP contribution in [0.2, 0.25) is 0 Å². The summed E-state index contributed by atoms with van der Waals surface area (Å²) in [6.45, 7) is 0.720. The Bertz CT molecular complexity index is 846. The summed E-state index contributed by atoms with van der Waals surface area (Å²) in [7, 11) is -0.476. The second kappa shape index (κ2) is 6.33. The summed E-state index contributed by atoms with van der Waals surface area (Å²) < 4.78 is 27.2. The van der Waals surface area contributed by atoms with Crippen LogP contribution in [0.1, 0.15) is 12.0 Å². The van der Waals surface area contributed by atoms with Crippen molar-refractivity contribution in [2.24, 2.45) is 0 Å². The van der Waals surface area contributed by atoms with Gasteiger partial charge in [0.05, 0.1) is 11.1 Å². The minimum atomic E-state index is -3.48. The molecule has 3 rings (SSSR count). The van der Waals surface area contributed by atoms with Crippen molar-refractivity contribution in [1.82, 2.24) is 19.3 Å². The quantitative estimate of drug-likeness (QED) is 0.802. The first-order valence-corrected chi connectivity index (χ1v) is 9.03. The average molecular weight is 349 g/mol. The highest BCUT2D eigenvalue weighted by atomic mass is 32.2. The van der Waals surface area contributed by atoms with Gasteiger partial charge in [0, 0.05) is 32.5 Å². The van der Waals surface area contributed by atoms with Crippen molar-refractivity contribution >= 4 is 21.6 Å². The van der Waals surface area contributed by atoms with Crippen LogP contribution in [0.5, 0.6) is 0 Å². The number of carbonyl (C=O) groups excluding carboxylic acids is 1. The standard InChI is InChI=1S/C15H19N5O3S/c1-18(2)24(22,23)13-5-6-14-12(10-13)4-3-8-20(14)15(21)11-19-9-7-16-17-19/h5-7,9-10H,3-4,8,11H2,1-2H3. The number of hydrogen-bond acceptors (Lipinski definition) is 5. The zero-order valence-electron chi connectivity index (χ0n) is 13.6. The SMILES string of the molecule is CN(C)S(=O)(=O)c1ccc2c(c1)CCCN2C(=O)Cn1ccnn1. The Morgan fingerprint density at radius 1 is 1.33 bits per heavy atom. The van der Waals surface area contributed by atoms with E-state index in [1.807, 2.05) is 0 Å². The van der Waals surface area contributed by atoms with Crippen LogP contribution in [0.15, 0.2) is 35.5 Å². The summed E-state index contributed by atoms with van der Waals surface area (Å²) in [4.78, 5) is 14.5. The predicted molar refractivity (Wildman–Crippen MR) is 88.0 cm³/mol. The van der Waals surface area contributed by atoms with Gasteiger partial charge in [-0.25, -0.2) is 17.4 Å². The van der Waals surface area contributed by atoms with Crippen LogP contribution in [-0.4, -0.2) is 54.3 Å². The Kier molecular flexibility index (Phi) is 4.37. The van der Waals surface area contributed by atoms with E-state index in [9.17, 15) is 13.2 Å². The molecule has 1 aliphatic heterocycles. The van der Waals surface area contributed by atoms with Crippen molar-refractivity contribution in [3.05, 3.63) is 36.2 Å². The molecule has 2 heterocycles. The molecule has 8 nitrogen and oxygen atoms in total. The maximum absolute atomic E-state index is 12.5. The molecule has 0 radical (unpaired) electrons. The van der Waals surface area contributed by atoms with Crippen LogP contribution in [0.3, 0.4) is 0 Å². The van der Waals surface area contributed by atoms with Gasteiger partial charge in [0.1, 0.15) is 6.54 Å². The zero-order chi connectivity index (χ0) is 17.3. The van der Waals surface area contributed by atoms with Gasteiger partial charge in [-0.2, -0.15) is 0 Å². The first-order valence-electron chi connectivity index (χ1n) is 7.59. The lowest BCUT2D eigenvalue weighted by molar-refractivity contribution is -0.119. The summed E-state index contributed by atoms with van der Waals surface area (Å²) in [6.07, 6.45) is 4.70. The summed E-state index contributed by atoms with van der Waals surface area (Å²) >= 11 is 0. The monoisotopic (exact) mass is 349 g/mol. The van der Waals surface area contributed by atoms with E-state index in [4.69, 9.17) is 0 Å². The Labute approximate surface area is 140 Å². The maximum atomic E-state index is 12.5. The van der Waals surface area contributed by atoms with Gasteiger partial charge in [-0.15, -0.1) is 5.10 Å². The van der Waals surface area contributed by atoms with Gasteiger partial charge in [0.2, 0.25) is 15.9 Å². The topological polar surface area (TPSA) is 88.4 Å². The molecule has 0 N–H and O–H groups in total. The number of hydrogen-bond donors (Lipinski definition) is 0. The van der Waals surface area contributed by atoms with Gasteiger partial charge in [-0.05, 0) is 36.6 Å². The zero-order valence-corrected chi connectivity index (χ0v) is 14.4. The average Bonchev–Trinajstić information content (AvgIpc) is 3.06. The smallest absolute Gasteiger partial charge is 0.248 e. The fraction of sp³-hybridized carbons (Fsp3) is 0.400. The van der Waals surface area contributed by atoms with Crippen molar-refractivity contribution in [3.8, 4) is 0 Å². The molecule has 0 spiro atoms. The molecule has 1 aromatic heterocycles. The molecular formula is C15H19N5O3S. The van der Waals surface area contributed by atoms with Crippen molar-refractivity contribution < 1.29 is 13.2 Å². The molecule has 2 aromatic rings. The number of aryl methyl sites for hydroxylation is 1. The molecule has 1 amide bonds. The third kappa shape index (κ3) is 3.04. The van der Waals surface area contributed by atoms with Gasteiger partial charge in [0.25, 0.3) is 0 Å². The minimum absolute atomic E-state index is 0.0929. The van der Waals surface area contributed by atoms with Crippen LogP contribution in [0.25, 0.3) is 0 Å². The molecule has 1 aliphatic rings. The van der Waals surface area contributed by atoms with E-state index in [-0.39, 0.29) is 17.3 Å². The highest BCUT2D eigenvalue weighted by Crippen LogP contribution is 2.30. The summed E-state index contributed by atoms with van der Waals surface area (Å²) in [6, 6.07) is 4.93. The van der Waals surface area contributed by atoms with Gasteiger partial charge < -0.3 is 4.90 Å². The van der Waals surface area contributed by atoms with Crippen LogP contribution < -0.4 is 4.90 Å². The van der Waals surface area contributed by atoms with Gasteiger partial charge in [-0.3, -0.25) is 4.79 Å². The van der Waals surface area contributed by atoms with E-state index >= 15 is 0 Å². The lowest BCUT2D eigenvalue weighted by Crippen LogP contribution is -2.38. The summed E-state index contributed by atoms with van der Waals surface area (Å²) in [5, 5.41) is 7.50. The molecule has 0 bridgehead atoms. The van der Waals surface area contributed by atoms with Crippen LogP contribution in [-0.2, 0) is 27.8 Å². The Morgan fingerprint density at radius 2 is 2.12 bits per heavy atom. The van der Waals surface area contributed by atoms with Crippen LogP contribution in [0.4, 0.5) is 5.69 Å². The van der Waals surface area contributed by atoms with Gasteiger partial charge in [0.15, 0.2) is 0 Å². The van der Waals surface area contributed by atoms with Crippen molar-refractivity contribution in [1.29, 1.82) is 0 Å². The molecular weight excluding hydrogens is 330 g/mol. The maximum Gasteiger partial charge on any atom is 0.248 e. The normalized spacial score (nSPS) is 14.7. The van der Waals surface area contributed by atoms with E-state index in [2.05, 4.69) is 10.3 Å². The molecule has 128 valence electrons. The largest absolute Gasteiger partial charge is 0.311 e. The number of benzene rings is 1. The Hall–Kier alpha value is -2.26. The van der Waals surface area contributed by atoms with Crippen LogP contribution in [0, 0.1) is 0 Å². The summed E-state index contributed by atoms with van der Waals surface area (Å²) in [5.41, 5.74) is 1.64. The fourth-order valence-corrected chi connectivity index (χ4v) is 3.70. The predicted octanol–water partition coefficient (Wildman–Crippen LogP) is 0.508. The second-order valence-corrected chi connectivity index (χ2v) is 7.98. The lowest BCUT2D eigenvalue weighted by Gasteiger charge is -2.30. The van der Waals surface area contributed by atoms with E-state index in [1.54, 1.807) is 29.3 Å². The van der Waals surface area contributed by atoms with Gasteiger partial charge in [-0.1, -0.05) is 5.21 Å². The van der Waals surface area contributed by atoms with Crippen molar-refractivity contribution in [3.63, 3.8) is 0 Å². The Balaban J connectivity index is 1.90. The molecule has 0 atom stereocenters. The molecule has 0 aliphatic carbocycles. The molecule has 0 fully saturated rings. The lowest BCUT2D eigenvalue weighted by atomic mass is 10.0.